The number of carbonyl (C=O) groups is 1. The number of hydrogen-bond acceptors (Lipinski definition) is 2. The molecule has 0 N–H and O–H groups in total. The summed E-state index contributed by atoms with van der Waals surface area (Å²) in [5.41, 5.74) is 2.15. The number of hydrogen-bond donors (Lipinski definition) is 0. The molecular weight excluding hydrogens is 224 g/mol. The Morgan fingerprint density at radius 3 is 2.94 bits per heavy atom. The van der Waals surface area contributed by atoms with Crippen molar-refractivity contribution in [2.24, 2.45) is 5.92 Å². The van der Waals surface area contributed by atoms with Gasteiger partial charge >= 0.3 is 0 Å². The second kappa shape index (κ2) is 4.85. The lowest BCUT2D eigenvalue weighted by molar-refractivity contribution is 0.0743. The van der Waals surface area contributed by atoms with Crippen molar-refractivity contribution >= 4 is 5.78 Å². The van der Waals surface area contributed by atoms with E-state index in [0.717, 1.165) is 37.7 Å². The second-order valence-corrected chi connectivity index (χ2v) is 5.53. The van der Waals surface area contributed by atoms with Gasteiger partial charge in [0.25, 0.3) is 0 Å². The Hall–Kier alpha value is -1.15. The molecule has 0 aliphatic carbocycles. The Morgan fingerprint density at radius 1 is 1.39 bits per heavy atom. The molecule has 1 aromatic rings. The van der Waals surface area contributed by atoms with Crippen LogP contribution in [0.5, 0.6) is 0 Å². The minimum Gasteiger partial charge on any atom is -0.374 e. The maximum atomic E-state index is 12.5. The van der Waals surface area contributed by atoms with Gasteiger partial charge < -0.3 is 4.74 Å². The maximum absolute atomic E-state index is 12.5. The molecular formula is C16H20O2. The Balaban J connectivity index is 1.77. The first-order valence-electron chi connectivity index (χ1n) is 7.06. The third-order valence-corrected chi connectivity index (χ3v) is 4.19. The predicted octanol–water partition coefficient (Wildman–Crippen LogP) is 3.39. The summed E-state index contributed by atoms with van der Waals surface area (Å²) in [6, 6.07) is 8.13. The van der Waals surface area contributed by atoms with Crippen molar-refractivity contribution in [1.82, 2.24) is 0 Å². The van der Waals surface area contributed by atoms with Gasteiger partial charge in [0.2, 0.25) is 0 Å². The van der Waals surface area contributed by atoms with Crippen LogP contribution in [0.15, 0.2) is 24.3 Å². The van der Waals surface area contributed by atoms with Gasteiger partial charge in [-0.15, -0.1) is 0 Å². The maximum Gasteiger partial charge on any atom is 0.168 e. The highest BCUT2D eigenvalue weighted by molar-refractivity contribution is 5.98. The van der Waals surface area contributed by atoms with Crippen LogP contribution in [0.1, 0.15) is 48.5 Å². The lowest BCUT2D eigenvalue weighted by Crippen LogP contribution is -2.25. The summed E-state index contributed by atoms with van der Waals surface area (Å²) in [6.07, 6.45) is 5.85. The Kier molecular flexibility index (Phi) is 3.21. The molecule has 2 aliphatic heterocycles. The van der Waals surface area contributed by atoms with Gasteiger partial charge in [-0.1, -0.05) is 31.5 Å². The number of carbonyl (C=O) groups excluding carboxylic acids is 1. The van der Waals surface area contributed by atoms with Gasteiger partial charge in [0.1, 0.15) is 0 Å². The number of fused-ring (bicyclic) bond motifs is 2. The first-order valence-corrected chi connectivity index (χ1v) is 7.06. The van der Waals surface area contributed by atoms with E-state index in [1.54, 1.807) is 0 Å². The van der Waals surface area contributed by atoms with Crippen molar-refractivity contribution in [2.45, 2.75) is 51.2 Å². The van der Waals surface area contributed by atoms with Crippen LogP contribution < -0.4 is 0 Å². The molecule has 0 aromatic heterocycles. The molecule has 2 nitrogen and oxygen atoms in total. The van der Waals surface area contributed by atoms with Crippen molar-refractivity contribution in [3.8, 4) is 0 Å². The van der Waals surface area contributed by atoms with Crippen molar-refractivity contribution in [2.75, 3.05) is 0 Å². The molecule has 3 unspecified atom stereocenters. The van der Waals surface area contributed by atoms with Crippen LogP contribution in [0, 0.1) is 5.92 Å². The van der Waals surface area contributed by atoms with E-state index in [4.69, 9.17) is 4.74 Å². The summed E-state index contributed by atoms with van der Waals surface area (Å²) < 4.78 is 5.78. The van der Waals surface area contributed by atoms with Gasteiger partial charge in [0.05, 0.1) is 18.1 Å². The number of rotatable bonds is 4. The van der Waals surface area contributed by atoms with Crippen molar-refractivity contribution in [3.63, 3.8) is 0 Å². The van der Waals surface area contributed by atoms with E-state index in [0.29, 0.717) is 11.9 Å². The van der Waals surface area contributed by atoms with E-state index in [-0.39, 0.29) is 12.0 Å². The lowest BCUT2D eigenvalue weighted by atomic mass is 9.83. The van der Waals surface area contributed by atoms with E-state index in [1.807, 2.05) is 12.1 Å². The van der Waals surface area contributed by atoms with Crippen molar-refractivity contribution in [1.29, 1.82) is 0 Å². The van der Waals surface area contributed by atoms with E-state index in [1.165, 1.54) is 5.56 Å². The molecule has 0 radical (unpaired) electrons. The molecule has 96 valence electrons. The number of ether oxygens (including phenoxy) is 1. The van der Waals surface area contributed by atoms with E-state index in [2.05, 4.69) is 19.1 Å². The highest BCUT2D eigenvalue weighted by atomic mass is 16.5. The van der Waals surface area contributed by atoms with Gasteiger partial charge in [-0.3, -0.25) is 4.79 Å². The monoisotopic (exact) mass is 244 g/mol. The standard InChI is InChI=1S/C16H20O2/c1-2-4-11-5-3-6-12(9-11)16(17)14-10-13-7-8-15(14)18-13/h3,5-6,9,13-15H,2,4,7-8,10H2,1H3. The van der Waals surface area contributed by atoms with E-state index in [9.17, 15) is 4.79 Å². The minimum atomic E-state index is 0.112. The molecule has 2 saturated heterocycles. The smallest absolute Gasteiger partial charge is 0.168 e. The average Bonchev–Trinajstić information content (AvgIpc) is 3.01. The zero-order valence-electron chi connectivity index (χ0n) is 10.9. The third kappa shape index (κ3) is 2.10. The number of ketones is 1. The molecule has 1 aromatic carbocycles. The van der Waals surface area contributed by atoms with Gasteiger partial charge in [0, 0.05) is 5.56 Å². The predicted molar refractivity (Wildman–Crippen MR) is 70.8 cm³/mol. The van der Waals surface area contributed by atoms with Gasteiger partial charge in [-0.05, 0) is 37.3 Å². The molecule has 0 saturated carbocycles. The number of Topliss-reactive ketones (excluding diaryl/α,β-unsaturated/α-hetero) is 1. The van der Waals surface area contributed by atoms with Crippen LogP contribution in [0.4, 0.5) is 0 Å². The quantitative estimate of drug-likeness (QED) is 0.759. The zero-order valence-corrected chi connectivity index (χ0v) is 10.9. The molecule has 2 bridgehead atoms. The zero-order chi connectivity index (χ0) is 12.5. The van der Waals surface area contributed by atoms with Gasteiger partial charge in [0.15, 0.2) is 5.78 Å². The summed E-state index contributed by atoms with van der Waals surface area (Å²) in [7, 11) is 0. The fourth-order valence-electron chi connectivity index (χ4n) is 3.30. The molecule has 2 heteroatoms. The van der Waals surface area contributed by atoms with Crippen molar-refractivity contribution < 1.29 is 9.53 Å². The molecule has 2 heterocycles. The van der Waals surface area contributed by atoms with Gasteiger partial charge in [-0.2, -0.15) is 0 Å². The molecule has 2 aliphatic rings. The van der Waals surface area contributed by atoms with E-state index >= 15 is 0 Å². The third-order valence-electron chi connectivity index (χ3n) is 4.19. The van der Waals surface area contributed by atoms with E-state index < -0.39 is 0 Å². The molecule has 2 fully saturated rings. The van der Waals surface area contributed by atoms with Crippen LogP contribution in [-0.4, -0.2) is 18.0 Å². The Labute approximate surface area is 108 Å². The number of aryl methyl sites for hydroxylation is 1. The number of benzene rings is 1. The Morgan fingerprint density at radius 2 is 2.28 bits per heavy atom. The van der Waals surface area contributed by atoms with Gasteiger partial charge in [-0.25, -0.2) is 0 Å². The highest BCUT2D eigenvalue weighted by Crippen LogP contribution is 2.40. The Bertz CT molecular complexity index is 452. The van der Waals surface area contributed by atoms with Crippen LogP contribution >= 0.6 is 0 Å². The minimum absolute atomic E-state index is 0.112. The summed E-state index contributed by atoms with van der Waals surface area (Å²) in [6.45, 7) is 2.16. The fourth-order valence-corrected chi connectivity index (χ4v) is 3.30. The largest absolute Gasteiger partial charge is 0.374 e. The molecule has 0 amide bonds. The molecule has 0 spiro atoms. The summed E-state index contributed by atoms with van der Waals surface area (Å²) in [5.74, 6) is 0.403. The van der Waals surface area contributed by atoms with Crippen LogP contribution in [0.3, 0.4) is 0 Å². The fraction of sp³-hybridized carbons (Fsp3) is 0.562. The molecule has 3 rings (SSSR count). The summed E-state index contributed by atoms with van der Waals surface area (Å²) in [4.78, 5) is 12.5. The highest BCUT2D eigenvalue weighted by Gasteiger charge is 2.44. The van der Waals surface area contributed by atoms with Crippen LogP contribution in [0.25, 0.3) is 0 Å². The average molecular weight is 244 g/mol. The summed E-state index contributed by atoms with van der Waals surface area (Å²) >= 11 is 0. The normalized spacial score (nSPS) is 29.7. The molecule has 18 heavy (non-hydrogen) atoms. The topological polar surface area (TPSA) is 26.3 Å². The summed E-state index contributed by atoms with van der Waals surface area (Å²) in [5, 5.41) is 0. The van der Waals surface area contributed by atoms with Crippen molar-refractivity contribution in [3.05, 3.63) is 35.4 Å². The second-order valence-electron chi connectivity index (χ2n) is 5.53. The SMILES string of the molecule is CCCc1cccc(C(=O)C2CC3CCC2O3)c1. The molecule has 3 atom stereocenters. The lowest BCUT2D eigenvalue weighted by Gasteiger charge is -2.17. The first kappa shape index (κ1) is 11.9. The van der Waals surface area contributed by atoms with Crippen LogP contribution in [0.2, 0.25) is 0 Å². The first-order chi connectivity index (χ1) is 8.78. The van der Waals surface area contributed by atoms with Crippen LogP contribution in [-0.2, 0) is 11.2 Å².